The largest absolute Gasteiger partial charge is 0.378 e. The van der Waals surface area contributed by atoms with Crippen molar-refractivity contribution in [2.75, 3.05) is 13.2 Å². The van der Waals surface area contributed by atoms with Crippen molar-refractivity contribution in [3.63, 3.8) is 0 Å². The van der Waals surface area contributed by atoms with Gasteiger partial charge in [-0.25, -0.2) is 0 Å². The van der Waals surface area contributed by atoms with Crippen molar-refractivity contribution in [1.82, 2.24) is 5.32 Å². The lowest BCUT2D eigenvalue weighted by molar-refractivity contribution is -0.128. The predicted octanol–water partition coefficient (Wildman–Crippen LogP) is 1.19. The number of carbonyl (C=O) groups excluding carboxylic acids is 1. The van der Waals surface area contributed by atoms with Gasteiger partial charge in [-0.2, -0.15) is 0 Å². The molecule has 1 aliphatic heterocycles. The zero-order chi connectivity index (χ0) is 12.3. The minimum atomic E-state index is -0.141. The number of nitrogens with two attached hydrogens (primary N) is 1. The lowest BCUT2D eigenvalue weighted by Gasteiger charge is -2.38. The van der Waals surface area contributed by atoms with Crippen molar-refractivity contribution in [3.8, 4) is 0 Å². The number of hydrogen-bond acceptors (Lipinski definition) is 3. The average Bonchev–Trinajstić information content (AvgIpc) is 2.77. The van der Waals surface area contributed by atoms with Crippen molar-refractivity contribution in [2.24, 2.45) is 11.7 Å². The Morgan fingerprint density at radius 1 is 1.41 bits per heavy atom. The fourth-order valence-electron chi connectivity index (χ4n) is 3.04. The van der Waals surface area contributed by atoms with Gasteiger partial charge < -0.3 is 15.8 Å². The molecule has 0 aromatic heterocycles. The fraction of sp³-hybridized carbons (Fsp3) is 0.923. The second kappa shape index (κ2) is 5.36. The molecule has 2 unspecified atom stereocenters. The van der Waals surface area contributed by atoms with Gasteiger partial charge in [0.25, 0.3) is 0 Å². The van der Waals surface area contributed by atoms with Gasteiger partial charge in [0.05, 0.1) is 17.6 Å². The summed E-state index contributed by atoms with van der Waals surface area (Å²) in [6.07, 6.45) is 6.55. The molecule has 0 spiro atoms. The first-order valence-electron chi connectivity index (χ1n) is 6.81. The van der Waals surface area contributed by atoms with E-state index in [1.807, 2.05) is 6.92 Å². The van der Waals surface area contributed by atoms with E-state index < -0.39 is 0 Å². The molecule has 1 saturated carbocycles. The summed E-state index contributed by atoms with van der Waals surface area (Å²) in [6.45, 7) is 3.24. The second-order valence-corrected chi connectivity index (χ2v) is 5.51. The van der Waals surface area contributed by atoms with E-state index in [1.54, 1.807) is 0 Å². The highest BCUT2D eigenvalue weighted by molar-refractivity contribution is 5.80. The van der Waals surface area contributed by atoms with E-state index >= 15 is 0 Å². The summed E-state index contributed by atoms with van der Waals surface area (Å²) < 4.78 is 5.45. The Hall–Kier alpha value is -0.610. The first-order valence-corrected chi connectivity index (χ1v) is 6.81. The summed E-state index contributed by atoms with van der Waals surface area (Å²) >= 11 is 0. The van der Waals surface area contributed by atoms with Crippen LogP contribution in [-0.4, -0.2) is 30.7 Å². The van der Waals surface area contributed by atoms with Crippen LogP contribution < -0.4 is 11.1 Å². The monoisotopic (exact) mass is 240 g/mol. The summed E-state index contributed by atoms with van der Waals surface area (Å²) in [5, 5.41) is 3.21. The van der Waals surface area contributed by atoms with Crippen molar-refractivity contribution in [3.05, 3.63) is 0 Å². The third kappa shape index (κ3) is 2.80. The average molecular weight is 240 g/mol. The Morgan fingerprint density at radius 2 is 2.12 bits per heavy atom. The van der Waals surface area contributed by atoms with E-state index in [0.29, 0.717) is 13.2 Å². The number of nitrogens with one attached hydrogen (secondary N) is 1. The van der Waals surface area contributed by atoms with Gasteiger partial charge >= 0.3 is 0 Å². The molecule has 0 radical (unpaired) electrons. The lowest BCUT2D eigenvalue weighted by Crippen LogP contribution is -2.56. The summed E-state index contributed by atoms with van der Waals surface area (Å²) in [6, 6.07) is 0. The van der Waals surface area contributed by atoms with Gasteiger partial charge in [-0.05, 0) is 26.2 Å². The number of rotatable bonds is 3. The molecule has 1 aliphatic carbocycles. The molecule has 98 valence electrons. The minimum absolute atomic E-state index is 0.0142. The molecular weight excluding hydrogens is 216 g/mol. The molecule has 2 aliphatic rings. The summed E-state index contributed by atoms with van der Waals surface area (Å²) in [7, 11) is 0. The molecule has 0 aromatic rings. The van der Waals surface area contributed by atoms with Crippen LogP contribution in [0.4, 0.5) is 0 Å². The van der Waals surface area contributed by atoms with E-state index in [9.17, 15) is 4.79 Å². The molecule has 4 heteroatoms. The number of hydrogen-bond donors (Lipinski definition) is 2. The maximum absolute atomic E-state index is 12.2. The predicted molar refractivity (Wildman–Crippen MR) is 66.5 cm³/mol. The summed E-state index contributed by atoms with van der Waals surface area (Å²) in [4.78, 5) is 12.2. The first-order chi connectivity index (χ1) is 8.17. The van der Waals surface area contributed by atoms with Gasteiger partial charge in [-0.15, -0.1) is 0 Å². The van der Waals surface area contributed by atoms with Crippen LogP contribution in [0.2, 0.25) is 0 Å². The third-order valence-corrected chi connectivity index (χ3v) is 4.30. The molecule has 17 heavy (non-hydrogen) atoms. The van der Waals surface area contributed by atoms with Crippen LogP contribution >= 0.6 is 0 Å². The number of amides is 1. The molecule has 4 nitrogen and oxygen atoms in total. The lowest BCUT2D eigenvalue weighted by atomic mass is 9.81. The second-order valence-electron chi connectivity index (χ2n) is 5.51. The minimum Gasteiger partial charge on any atom is -0.378 e. The van der Waals surface area contributed by atoms with Crippen molar-refractivity contribution in [1.29, 1.82) is 0 Å². The number of ether oxygens (including phenoxy) is 1. The van der Waals surface area contributed by atoms with Crippen LogP contribution in [0.3, 0.4) is 0 Å². The molecule has 1 amide bonds. The maximum atomic E-state index is 12.2. The molecule has 1 heterocycles. The zero-order valence-electron chi connectivity index (χ0n) is 10.7. The maximum Gasteiger partial charge on any atom is 0.226 e. The third-order valence-electron chi connectivity index (χ3n) is 4.30. The Labute approximate surface area is 103 Å². The molecular formula is C13H24N2O2. The molecule has 0 bridgehead atoms. The number of carbonyl (C=O) groups is 1. The molecule has 2 atom stereocenters. The van der Waals surface area contributed by atoms with Crippen LogP contribution in [0.5, 0.6) is 0 Å². The quantitative estimate of drug-likeness (QED) is 0.779. The van der Waals surface area contributed by atoms with E-state index in [0.717, 1.165) is 19.3 Å². The van der Waals surface area contributed by atoms with Crippen LogP contribution in [-0.2, 0) is 9.53 Å². The van der Waals surface area contributed by atoms with Gasteiger partial charge in [0.15, 0.2) is 0 Å². The molecule has 2 rings (SSSR count). The van der Waals surface area contributed by atoms with Gasteiger partial charge in [0.1, 0.15) is 0 Å². The molecule has 2 fully saturated rings. The van der Waals surface area contributed by atoms with E-state index in [4.69, 9.17) is 10.5 Å². The van der Waals surface area contributed by atoms with Gasteiger partial charge in [0, 0.05) is 13.2 Å². The molecule has 3 N–H and O–H groups in total. The Kier molecular flexibility index (Phi) is 4.05. The highest BCUT2D eigenvalue weighted by Crippen LogP contribution is 2.29. The topological polar surface area (TPSA) is 64.3 Å². The smallest absolute Gasteiger partial charge is 0.226 e. The van der Waals surface area contributed by atoms with Gasteiger partial charge in [-0.1, -0.05) is 19.3 Å². The normalized spacial score (nSPS) is 32.4. The zero-order valence-corrected chi connectivity index (χ0v) is 10.7. The van der Waals surface area contributed by atoms with Crippen LogP contribution in [0.15, 0.2) is 0 Å². The summed E-state index contributed by atoms with van der Waals surface area (Å²) in [5.41, 5.74) is 5.73. The Bertz CT molecular complexity index is 275. The van der Waals surface area contributed by atoms with Gasteiger partial charge in [-0.3, -0.25) is 4.79 Å². The standard InChI is InChI=1S/C13H24N2O2/c1-10-11(5-8-17-10)12(16)15-13(9-14)6-3-2-4-7-13/h10-11H,2-9,14H2,1H3,(H,15,16). The van der Waals surface area contributed by atoms with Crippen molar-refractivity contribution >= 4 is 5.91 Å². The summed E-state index contributed by atoms with van der Waals surface area (Å²) in [5.74, 6) is 0.155. The highest BCUT2D eigenvalue weighted by atomic mass is 16.5. The first kappa shape index (κ1) is 12.8. The van der Waals surface area contributed by atoms with E-state index in [2.05, 4.69) is 5.32 Å². The van der Waals surface area contributed by atoms with Crippen LogP contribution in [0.25, 0.3) is 0 Å². The van der Waals surface area contributed by atoms with E-state index in [1.165, 1.54) is 19.3 Å². The molecule has 1 saturated heterocycles. The van der Waals surface area contributed by atoms with Crippen molar-refractivity contribution < 1.29 is 9.53 Å². The van der Waals surface area contributed by atoms with E-state index in [-0.39, 0.29) is 23.5 Å². The SMILES string of the molecule is CC1OCCC1C(=O)NC1(CN)CCCCC1. The Morgan fingerprint density at radius 3 is 2.65 bits per heavy atom. The van der Waals surface area contributed by atoms with Crippen molar-refractivity contribution in [2.45, 2.75) is 57.1 Å². The molecule has 0 aromatic carbocycles. The Balaban J connectivity index is 1.95. The van der Waals surface area contributed by atoms with Crippen LogP contribution in [0.1, 0.15) is 45.4 Å². The van der Waals surface area contributed by atoms with Gasteiger partial charge in [0.2, 0.25) is 5.91 Å². The van der Waals surface area contributed by atoms with Crippen LogP contribution in [0, 0.1) is 5.92 Å². The fourth-order valence-corrected chi connectivity index (χ4v) is 3.04. The highest BCUT2D eigenvalue weighted by Gasteiger charge is 2.37.